The van der Waals surface area contributed by atoms with Crippen molar-refractivity contribution >= 4 is 11.7 Å². The summed E-state index contributed by atoms with van der Waals surface area (Å²) in [6.07, 6.45) is -0.325. The number of benzene rings is 1. The van der Waals surface area contributed by atoms with E-state index in [0.29, 0.717) is 6.54 Å². The molecule has 0 heterocycles. The number of ether oxygens (including phenoxy) is 2. The molecule has 0 saturated carbocycles. The Hall–Kier alpha value is -1.59. The topological polar surface area (TPSA) is 67.8 Å². The van der Waals surface area contributed by atoms with Gasteiger partial charge in [0.1, 0.15) is 0 Å². The van der Waals surface area contributed by atoms with Gasteiger partial charge in [0.25, 0.3) is 0 Å². The standard InChI is InChI=1S/C12H17NO4/c1-8-6-9(12(14)15)4-5-10(8)13-7-11(16-2)17-3/h4-6,11,13H,7H2,1-3H3,(H,14,15). The van der Waals surface area contributed by atoms with Crippen LogP contribution in [0.4, 0.5) is 5.69 Å². The molecule has 0 spiro atoms. The van der Waals surface area contributed by atoms with Crippen LogP contribution >= 0.6 is 0 Å². The van der Waals surface area contributed by atoms with E-state index < -0.39 is 5.97 Å². The molecule has 0 saturated heterocycles. The molecule has 0 aliphatic rings. The van der Waals surface area contributed by atoms with Crippen LogP contribution in [0.3, 0.4) is 0 Å². The van der Waals surface area contributed by atoms with E-state index in [0.717, 1.165) is 11.3 Å². The highest BCUT2D eigenvalue weighted by atomic mass is 16.7. The van der Waals surface area contributed by atoms with Crippen LogP contribution in [-0.4, -0.2) is 38.1 Å². The van der Waals surface area contributed by atoms with Crippen molar-refractivity contribution in [2.24, 2.45) is 0 Å². The lowest BCUT2D eigenvalue weighted by molar-refractivity contribution is -0.0914. The Bertz CT molecular complexity index is 388. The number of methoxy groups -OCH3 is 2. The van der Waals surface area contributed by atoms with Crippen LogP contribution in [0, 0.1) is 6.92 Å². The van der Waals surface area contributed by atoms with E-state index in [1.54, 1.807) is 32.4 Å². The second-order valence-corrected chi connectivity index (χ2v) is 3.62. The number of carboxylic acid groups (broad SMARTS) is 1. The van der Waals surface area contributed by atoms with Gasteiger partial charge in [0.15, 0.2) is 6.29 Å². The fraction of sp³-hybridized carbons (Fsp3) is 0.417. The first kappa shape index (κ1) is 13.5. The van der Waals surface area contributed by atoms with Crippen molar-refractivity contribution in [2.45, 2.75) is 13.2 Å². The van der Waals surface area contributed by atoms with Crippen molar-refractivity contribution in [3.63, 3.8) is 0 Å². The first-order chi connectivity index (χ1) is 8.08. The molecule has 1 aromatic rings. The minimum Gasteiger partial charge on any atom is -0.478 e. The van der Waals surface area contributed by atoms with Crippen LogP contribution in [0.25, 0.3) is 0 Å². The summed E-state index contributed by atoms with van der Waals surface area (Å²) < 4.78 is 10.1. The van der Waals surface area contributed by atoms with Gasteiger partial charge in [-0.2, -0.15) is 0 Å². The molecule has 0 fully saturated rings. The summed E-state index contributed by atoms with van der Waals surface area (Å²) >= 11 is 0. The lowest BCUT2D eigenvalue weighted by atomic mass is 10.1. The van der Waals surface area contributed by atoms with Crippen LogP contribution in [0.5, 0.6) is 0 Å². The molecule has 0 aliphatic heterocycles. The highest BCUT2D eigenvalue weighted by Crippen LogP contribution is 2.16. The van der Waals surface area contributed by atoms with Crippen LogP contribution in [0.1, 0.15) is 15.9 Å². The van der Waals surface area contributed by atoms with E-state index in [1.807, 2.05) is 6.92 Å². The number of hydrogen-bond acceptors (Lipinski definition) is 4. The Morgan fingerprint density at radius 3 is 2.53 bits per heavy atom. The smallest absolute Gasteiger partial charge is 0.335 e. The average Bonchev–Trinajstić information content (AvgIpc) is 2.31. The van der Waals surface area contributed by atoms with Gasteiger partial charge in [-0.3, -0.25) is 0 Å². The van der Waals surface area contributed by atoms with Crippen molar-refractivity contribution in [1.29, 1.82) is 0 Å². The molecule has 1 aromatic carbocycles. The predicted molar refractivity (Wildman–Crippen MR) is 64.4 cm³/mol. The van der Waals surface area contributed by atoms with Gasteiger partial charge in [-0.05, 0) is 30.7 Å². The minimum atomic E-state index is -0.925. The van der Waals surface area contributed by atoms with E-state index in [9.17, 15) is 4.79 Å². The van der Waals surface area contributed by atoms with Gasteiger partial charge in [0.05, 0.1) is 12.1 Å². The number of aromatic carboxylic acids is 1. The molecular formula is C12H17NO4. The molecule has 0 atom stereocenters. The fourth-order valence-corrected chi connectivity index (χ4v) is 1.45. The Morgan fingerprint density at radius 2 is 2.06 bits per heavy atom. The van der Waals surface area contributed by atoms with E-state index in [1.165, 1.54) is 0 Å². The third-order valence-electron chi connectivity index (χ3n) is 2.46. The van der Waals surface area contributed by atoms with E-state index in [-0.39, 0.29) is 11.9 Å². The number of carboxylic acids is 1. The quantitative estimate of drug-likeness (QED) is 0.740. The zero-order chi connectivity index (χ0) is 12.8. The molecule has 0 aromatic heterocycles. The van der Waals surface area contributed by atoms with Crippen molar-refractivity contribution in [2.75, 3.05) is 26.1 Å². The summed E-state index contributed by atoms with van der Waals surface area (Å²) in [5.74, 6) is -0.925. The van der Waals surface area contributed by atoms with E-state index in [2.05, 4.69) is 5.32 Å². The number of rotatable bonds is 6. The lowest BCUT2D eigenvalue weighted by Gasteiger charge is -2.16. The fourth-order valence-electron chi connectivity index (χ4n) is 1.45. The van der Waals surface area contributed by atoms with E-state index in [4.69, 9.17) is 14.6 Å². The van der Waals surface area contributed by atoms with Crippen LogP contribution < -0.4 is 5.32 Å². The minimum absolute atomic E-state index is 0.281. The summed E-state index contributed by atoms with van der Waals surface area (Å²) in [6.45, 7) is 2.35. The molecule has 0 aliphatic carbocycles. The SMILES string of the molecule is COC(CNc1ccc(C(=O)O)cc1C)OC. The second-order valence-electron chi connectivity index (χ2n) is 3.62. The maximum atomic E-state index is 10.8. The number of hydrogen-bond donors (Lipinski definition) is 2. The zero-order valence-electron chi connectivity index (χ0n) is 10.2. The van der Waals surface area contributed by atoms with E-state index >= 15 is 0 Å². The molecule has 5 heteroatoms. The number of nitrogens with one attached hydrogen (secondary N) is 1. The predicted octanol–water partition coefficient (Wildman–Crippen LogP) is 1.72. The third kappa shape index (κ3) is 3.72. The van der Waals surface area contributed by atoms with Gasteiger partial charge in [-0.15, -0.1) is 0 Å². The van der Waals surface area contributed by atoms with Crippen molar-refractivity contribution < 1.29 is 19.4 Å². The van der Waals surface area contributed by atoms with Crippen LogP contribution in [0.2, 0.25) is 0 Å². The Morgan fingerprint density at radius 1 is 1.41 bits per heavy atom. The molecule has 0 amide bonds. The van der Waals surface area contributed by atoms with Crippen molar-refractivity contribution in [3.8, 4) is 0 Å². The summed E-state index contributed by atoms with van der Waals surface area (Å²) in [7, 11) is 3.13. The van der Waals surface area contributed by atoms with Gasteiger partial charge >= 0.3 is 5.97 Å². The van der Waals surface area contributed by atoms with Crippen LogP contribution in [0.15, 0.2) is 18.2 Å². The number of carbonyl (C=O) groups is 1. The molecule has 0 bridgehead atoms. The molecule has 0 radical (unpaired) electrons. The molecular weight excluding hydrogens is 222 g/mol. The van der Waals surface area contributed by atoms with Crippen molar-refractivity contribution in [1.82, 2.24) is 0 Å². The molecule has 2 N–H and O–H groups in total. The van der Waals surface area contributed by atoms with Crippen molar-refractivity contribution in [3.05, 3.63) is 29.3 Å². The summed E-state index contributed by atoms with van der Waals surface area (Å²) in [6, 6.07) is 4.92. The lowest BCUT2D eigenvalue weighted by Crippen LogP contribution is -2.23. The summed E-state index contributed by atoms with van der Waals surface area (Å²) in [5.41, 5.74) is 2.02. The Kier molecular flexibility index (Phi) is 4.93. The molecule has 0 unspecified atom stereocenters. The van der Waals surface area contributed by atoms with Gasteiger partial charge < -0.3 is 19.9 Å². The summed E-state index contributed by atoms with van der Waals surface area (Å²) in [5, 5.41) is 12.0. The Labute approximate surface area is 100 Å². The maximum absolute atomic E-state index is 10.8. The van der Waals surface area contributed by atoms with Gasteiger partial charge in [-0.1, -0.05) is 0 Å². The highest BCUT2D eigenvalue weighted by Gasteiger charge is 2.08. The number of anilines is 1. The highest BCUT2D eigenvalue weighted by molar-refractivity contribution is 5.88. The monoisotopic (exact) mass is 239 g/mol. The largest absolute Gasteiger partial charge is 0.478 e. The first-order valence-corrected chi connectivity index (χ1v) is 5.22. The normalized spacial score (nSPS) is 10.6. The first-order valence-electron chi connectivity index (χ1n) is 5.22. The molecule has 5 nitrogen and oxygen atoms in total. The molecule has 1 rings (SSSR count). The second kappa shape index (κ2) is 6.22. The van der Waals surface area contributed by atoms with Gasteiger partial charge in [0, 0.05) is 19.9 Å². The summed E-state index contributed by atoms with van der Waals surface area (Å²) in [4.78, 5) is 10.8. The van der Waals surface area contributed by atoms with Gasteiger partial charge in [0.2, 0.25) is 0 Å². The zero-order valence-corrected chi connectivity index (χ0v) is 10.2. The molecule has 17 heavy (non-hydrogen) atoms. The molecule has 94 valence electrons. The van der Waals surface area contributed by atoms with Gasteiger partial charge in [-0.25, -0.2) is 4.79 Å². The third-order valence-corrected chi connectivity index (χ3v) is 2.46. The maximum Gasteiger partial charge on any atom is 0.335 e. The Balaban J connectivity index is 2.69. The average molecular weight is 239 g/mol. The van der Waals surface area contributed by atoms with Crippen LogP contribution in [-0.2, 0) is 9.47 Å². The number of aryl methyl sites for hydroxylation is 1.